The lowest BCUT2D eigenvalue weighted by molar-refractivity contribution is 0.0589. The molecule has 2 heterocycles. The van der Waals surface area contributed by atoms with Gasteiger partial charge in [0.05, 0.1) is 12.3 Å². The molecular weight excluding hydrogens is 328 g/mol. The van der Waals surface area contributed by atoms with Crippen molar-refractivity contribution in [2.45, 2.75) is 12.5 Å². The molecule has 6 heteroatoms. The van der Waals surface area contributed by atoms with Crippen LogP contribution in [0.2, 0.25) is 0 Å². The fourth-order valence-corrected chi connectivity index (χ4v) is 3.41. The maximum atomic E-state index is 12.5. The molecule has 1 aromatic carbocycles. The zero-order valence-corrected chi connectivity index (χ0v) is 14.3. The third-order valence-electron chi connectivity index (χ3n) is 4.06. The summed E-state index contributed by atoms with van der Waals surface area (Å²) in [6.45, 7) is 1.91. The van der Waals surface area contributed by atoms with Gasteiger partial charge in [-0.15, -0.1) is 12.6 Å². The lowest BCUT2D eigenvalue weighted by atomic mass is 10.0. The van der Waals surface area contributed by atoms with Crippen LogP contribution in [0.25, 0.3) is 0 Å². The van der Waals surface area contributed by atoms with Crippen LogP contribution in [0.3, 0.4) is 0 Å². The Hall–Kier alpha value is -1.79. The van der Waals surface area contributed by atoms with Crippen molar-refractivity contribution in [3.63, 3.8) is 0 Å². The Labute approximate surface area is 146 Å². The van der Waals surface area contributed by atoms with Crippen LogP contribution in [0.1, 0.15) is 16.1 Å². The Bertz CT molecular complexity index is 673. The van der Waals surface area contributed by atoms with Crippen LogP contribution in [0.5, 0.6) is 0 Å². The maximum Gasteiger partial charge on any atom is 0.289 e. The number of carbonyl (C=O) groups excluding carboxylic acids is 1. The Morgan fingerprint density at radius 3 is 2.65 bits per heavy atom. The monoisotopic (exact) mass is 346 g/mol. The highest BCUT2D eigenvalue weighted by Crippen LogP contribution is 2.19. The Balaban J connectivity index is 1.75. The van der Waals surface area contributed by atoms with Gasteiger partial charge in [0.25, 0.3) is 5.91 Å². The van der Waals surface area contributed by atoms with E-state index in [4.69, 9.17) is 16.6 Å². The molecule has 2 aromatic rings. The smallest absolute Gasteiger partial charge is 0.289 e. The van der Waals surface area contributed by atoms with E-state index in [1.165, 1.54) is 11.8 Å². The lowest BCUT2D eigenvalue weighted by Crippen LogP contribution is -2.56. The van der Waals surface area contributed by atoms with Crippen LogP contribution in [0, 0.1) is 0 Å². The van der Waals surface area contributed by atoms with Crippen molar-refractivity contribution in [3.05, 3.63) is 60.1 Å². The molecule has 0 radical (unpaired) electrons. The average Bonchev–Trinajstić information content (AvgIpc) is 3.09. The van der Waals surface area contributed by atoms with Gasteiger partial charge in [0.15, 0.2) is 5.76 Å². The number of carbonyl (C=O) groups is 1. The normalized spacial score (nSPS) is 18.0. The van der Waals surface area contributed by atoms with Gasteiger partial charge in [-0.2, -0.15) is 0 Å². The first kappa shape index (κ1) is 16.1. The SMILES string of the molecule is O=C(c1ccco1)N1CCN(C(=S)S)C(Cc2ccccc2)C1. The van der Waals surface area contributed by atoms with Crippen LogP contribution in [-0.2, 0) is 6.42 Å². The standard InChI is InChI=1S/C17H18N2O2S2/c20-16(15-7-4-10-21-15)18-8-9-19(17(22)23)14(12-18)11-13-5-2-1-3-6-13/h1-7,10,14H,8-9,11-12H2,(H,22,23). The van der Waals surface area contributed by atoms with Crippen LogP contribution in [0.15, 0.2) is 53.1 Å². The highest BCUT2D eigenvalue weighted by molar-refractivity contribution is 8.10. The number of hydrogen-bond acceptors (Lipinski definition) is 3. The molecule has 1 aliphatic heterocycles. The van der Waals surface area contributed by atoms with Gasteiger partial charge >= 0.3 is 0 Å². The molecule has 1 saturated heterocycles. The van der Waals surface area contributed by atoms with E-state index < -0.39 is 0 Å². The first-order valence-electron chi connectivity index (χ1n) is 7.51. The molecule has 1 amide bonds. The summed E-state index contributed by atoms with van der Waals surface area (Å²) in [6.07, 6.45) is 2.34. The van der Waals surface area contributed by atoms with E-state index in [-0.39, 0.29) is 11.9 Å². The van der Waals surface area contributed by atoms with Crippen LogP contribution < -0.4 is 0 Å². The van der Waals surface area contributed by atoms with Crippen molar-refractivity contribution in [3.8, 4) is 0 Å². The van der Waals surface area contributed by atoms with Gasteiger partial charge in [-0.25, -0.2) is 0 Å². The molecule has 4 nitrogen and oxygen atoms in total. The third kappa shape index (κ3) is 3.76. The first-order chi connectivity index (χ1) is 11.1. The number of piperazine rings is 1. The zero-order valence-electron chi connectivity index (χ0n) is 12.6. The van der Waals surface area contributed by atoms with Crippen LogP contribution in [-0.4, -0.2) is 45.7 Å². The van der Waals surface area contributed by atoms with Crippen molar-refractivity contribution in [2.24, 2.45) is 0 Å². The number of thiocarbonyl (C=S) groups is 1. The number of nitrogens with zero attached hydrogens (tertiary/aromatic N) is 2. The zero-order chi connectivity index (χ0) is 16.2. The predicted molar refractivity (Wildman–Crippen MR) is 96.8 cm³/mol. The van der Waals surface area contributed by atoms with E-state index in [1.54, 1.807) is 12.1 Å². The van der Waals surface area contributed by atoms with E-state index >= 15 is 0 Å². The molecular formula is C17H18N2O2S2. The van der Waals surface area contributed by atoms with E-state index in [1.807, 2.05) is 23.1 Å². The summed E-state index contributed by atoms with van der Waals surface area (Å²) in [6, 6.07) is 13.8. The summed E-state index contributed by atoms with van der Waals surface area (Å²) < 4.78 is 5.81. The van der Waals surface area contributed by atoms with E-state index in [0.717, 1.165) is 6.42 Å². The van der Waals surface area contributed by atoms with Crippen molar-refractivity contribution in [2.75, 3.05) is 19.6 Å². The molecule has 1 fully saturated rings. The fourth-order valence-electron chi connectivity index (χ4n) is 2.91. The fraction of sp³-hybridized carbons (Fsp3) is 0.294. The van der Waals surface area contributed by atoms with Crippen molar-refractivity contribution in [1.82, 2.24) is 9.80 Å². The van der Waals surface area contributed by atoms with Gasteiger partial charge in [-0.05, 0) is 24.1 Å². The molecule has 120 valence electrons. The van der Waals surface area contributed by atoms with Gasteiger partial charge in [0.2, 0.25) is 0 Å². The lowest BCUT2D eigenvalue weighted by Gasteiger charge is -2.41. The Morgan fingerprint density at radius 1 is 1.22 bits per heavy atom. The highest BCUT2D eigenvalue weighted by Gasteiger charge is 2.31. The van der Waals surface area contributed by atoms with Gasteiger partial charge < -0.3 is 14.2 Å². The summed E-state index contributed by atoms with van der Waals surface area (Å²) in [4.78, 5) is 16.4. The minimum Gasteiger partial charge on any atom is -0.459 e. The summed E-state index contributed by atoms with van der Waals surface area (Å²) in [5, 5.41) is 0. The molecule has 1 unspecified atom stereocenters. The molecule has 0 bridgehead atoms. The summed E-state index contributed by atoms with van der Waals surface area (Å²) >= 11 is 9.60. The van der Waals surface area contributed by atoms with Crippen LogP contribution in [0.4, 0.5) is 0 Å². The second kappa shape index (κ2) is 7.19. The molecule has 0 spiro atoms. The Morgan fingerprint density at radius 2 is 2.00 bits per heavy atom. The summed E-state index contributed by atoms with van der Waals surface area (Å²) in [5.74, 6) is 0.308. The molecule has 1 atom stereocenters. The minimum absolute atomic E-state index is 0.0715. The molecule has 23 heavy (non-hydrogen) atoms. The van der Waals surface area contributed by atoms with Crippen molar-refractivity contribution < 1.29 is 9.21 Å². The molecule has 1 aliphatic rings. The van der Waals surface area contributed by atoms with Gasteiger partial charge in [0, 0.05) is 19.6 Å². The summed E-state index contributed by atoms with van der Waals surface area (Å²) in [5.41, 5.74) is 1.22. The predicted octanol–water partition coefficient (Wildman–Crippen LogP) is 2.86. The average molecular weight is 346 g/mol. The largest absolute Gasteiger partial charge is 0.459 e. The number of benzene rings is 1. The Kier molecular flexibility index (Phi) is 5.03. The van der Waals surface area contributed by atoms with E-state index in [2.05, 4.69) is 29.7 Å². The number of rotatable bonds is 3. The van der Waals surface area contributed by atoms with E-state index in [9.17, 15) is 4.79 Å². The quantitative estimate of drug-likeness (QED) is 0.685. The number of hydrogen-bond donors (Lipinski definition) is 1. The topological polar surface area (TPSA) is 36.7 Å². The van der Waals surface area contributed by atoms with Crippen molar-refractivity contribution >= 4 is 35.1 Å². The number of furan rings is 1. The van der Waals surface area contributed by atoms with E-state index in [0.29, 0.717) is 29.7 Å². The molecule has 0 saturated carbocycles. The second-order valence-electron chi connectivity index (χ2n) is 5.55. The second-order valence-corrected chi connectivity index (χ2v) is 6.66. The molecule has 0 N–H and O–H groups in total. The molecule has 3 rings (SSSR count). The maximum absolute atomic E-state index is 12.5. The number of amides is 1. The van der Waals surface area contributed by atoms with Crippen LogP contribution >= 0.6 is 24.8 Å². The number of thiol groups is 1. The van der Waals surface area contributed by atoms with Gasteiger partial charge in [-0.3, -0.25) is 4.79 Å². The minimum atomic E-state index is -0.0715. The van der Waals surface area contributed by atoms with Gasteiger partial charge in [0.1, 0.15) is 4.32 Å². The summed E-state index contributed by atoms with van der Waals surface area (Å²) in [7, 11) is 0. The van der Waals surface area contributed by atoms with Gasteiger partial charge in [-0.1, -0.05) is 42.5 Å². The highest BCUT2D eigenvalue weighted by atomic mass is 32.1. The molecule has 1 aromatic heterocycles. The van der Waals surface area contributed by atoms with Crippen molar-refractivity contribution in [1.29, 1.82) is 0 Å². The molecule has 0 aliphatic carbocycles. The third-order valence-corrected chi connectivity index (χ3v) is 4.55. The first-order valence-corrected chi connectivity index (χ1v) is 8.37.